The number of thiocarbonyl (C=S) groups is 1. The molecule has 0 aliphatic heterocycles. The maximum atomic E-state index is 13.7. The highest BCUT2D eigenvalue weighted by Gasteiger charge is 2.16. The lowest BCUT2D eigenvalue weighted by Gasteiger charge is -2.12. The summed E-state index contributed by atoms with van der Waals surface area (Å²) in [6, 6.07) is 13.8. The monoisotopic (exact) mass is 431 g/mol. The maximum Gasteiger partial charge on any atom is 0.264 e. The van der Waals surface area contributed by atoms with Crippen molar-refractivity contribution < 1.29 is 12.8 Å². The molecular formula is C19H18FN5O2S2. The summed E-state index contributed by atoms with van der Waals surface area (Å²) in [6.07, 6.45) is 0. The van der Waals surface area contributed by atoms with Gasteiger partial charge in [-0.1, -0.05) is 12.1 Å². The third-order valence-electron chi connectivity index (χ3n) is 3.75. The van der Waals surface area contributed by atoms with E-state index in [-0.39, 0.29) is 21.6 Å². The van der Waals surface area contributed by atoms with Gasteiger partial charge in [-0.15, -0.1) is 0 Å². The Morgan fingerprint density at radius 2 is 1.59 bits per heavy atom. The van der Waals surface area contributed by atoms with Crippen molar-refractivity contribution in [2.75, 3.05) is 15.4 Å². The molecule has 2 aromatic carbocycles. The molecule has 0 radical (unpaired) electrons. The summed E-state index contributed by atoms with van der Waals surface area (Å²) >= 11 is 5.16. The predicted octanol–water partition coefficient (Wildman–Crippen LogP) is 3.84. The van der Waals surface area contributed by atoms with Gasteiger partial charge in [0.15, 0.2) is 5.11 Å². The van der Waals surface area contributed by atoms with Crippen molar-refractivity contribution >= 4 is 44.7 Å². The zero-order valence-corrected chi connectivity index (χ0v) is 17.2. The van der Waals surface area contributed by atoms with Gasteiger partial charge in [0.2, 0.25) is 5.95 Å². The molecule has 1 aromatic heterocycles. The Morgan fingerprint density at radius 3 is 2.21 bits per heavy atom. The summed E-state index contributed by atoms with van der Waals surface area (Å²) in [4.78, 5) is 8.20. The molecule has 3 aromatic rings. The fourth-order valence-corrected chi connectivity index (χ4v) is 3.69. The van der Waals surface area contributed by atoms with E-state index in [0.717, 1.165) is 0 Å². The number of nitrogens with one attached hydrogen (secondary N) is 3. The molecule has 0 saturated heterocycles. The fraction of sp³-hybridized carbons (Fsp3) is 0.105. The van der Waals surface area contributed by atoms with Crippen LogP contribution >= 0.6 is 12.2 Å². The second-order valence-electron chi connectivity index (χ2n) is 6.16. The van der Waals surface area contributed by atoms with Crippen molar-refractivity contribution in [3.05, 3.63) is 71.8 Å². The van der Waals surface area contributed by atoms with Crippen LogP contribution in [-0.2, 0) is 10.0 Å². The molecule has 0 aliphatic carbocycles. The largest absolute Gasteiger partial charge is 0.332 e. The van der Waals surface area contributed by atoms with Gasteiger partial charge in [-0.3, -0.25) is 0 Å². The van der Waals surface area contributed by atoms with Gasteiger partial charge < -0.3 is 10.6 Å². The van der Waals surface area contributed by atoms with Crippen LogP contribution in [-0.4, -0.2) is 23.5 Å². The van der Waals surface area contributed by atoms with E-state index in [1.165, 1.54) is 18.2 Å². The quantitative estimate of drug-likeness (QED) is 0.528. The van der Waals surface area contributed by atoms with Gasteiger partial charge in [0.05, 0.1) is 10.6 Å². The number of aromatic nitrogens is 2. The van der Waals surface area contributed by atoms with E-state index < -0.39 is 15.8 Å². The number of aryl methyl sites for hydroxylation is 2. The first kappa shape index (κ1) is 20.6. The van der Waals surface area contributed by atoms with Crippen LogP contribution in [0.5, 0.6) is 0 Å². The molecule has 0 aliphatic rings. The van der Waals surface area contributed by atoms with E-state index in [1.807, 2.05) is 0 Å². The number of benzene rings is 2. The number of halogens is 1. The van der Waals surface area contributed by atoms with Crippen LogP contribution in [0.1, 0.15) is 11.4 Å². The standard InChI is InChI=1S/C19H18FN5O2S2/c1-12-11-13(2)22-18(21-12)25-29(26,27)15-9-7-14(8-10-15)23-19(28)24-17-6-4-3-5-16(17)20/h3-11H,1-2H3,(H,21,22,25)(H2,23,24,28). The Labute approximate surface area is 173 Å². The van der Waals surface area contributed by atoms with Crippen molar-refractivity contribution in [2.45, 2.75) is 18.7 Å². The smallest absolute Gasteiger partial charge is 0.264 e. The average Bonchev–Trinajstić information content (AvgIpc) is 2.63. The highest BCUT2D eigenvalue weighted by molar-refractivity contribution is 7.92. The van der Waals surface area contributed by atoms with Crippen molar-refractivity contribution in [3.8, 4) is 0 Å². The number of nitrogens with zero attached hydrogens (tertiary/aromatic N) is 2. The highest BCUT2D eigenvalue weighted by atomic mass is 32.2. The molecule has 0 amide bonds. The lowest BCUT2D eigenvalue weighted by Crippen LogP contribution is -2.20. The molecule has 7 nitrogen and oxygen atoms in total. The van der Waals surface area contributed by atoms with Crippen LogP contribution in [0.25, 0.3) is 0 Å². The molecule has 1 heterocycles. The minimum atomic E-state index is -3.85. The molecular weight excluding hydrogens is 413 g/mol. The molecule has 10 heteroatoms. The Bertz CT molecular complexity index is 1130. The minimum Gasteiger partial charge on any atom is -0.332 e. The molecule has 29 heavy (non-hydrogen) atoms. The Balaban J connectivity index is 1.69. The predicted molar refractivity (Wildman–Crippen MR) is 115 cm³/mol. The van der Waals surface area contributed by atoms with Crippen LogP contribution in [0.4, 0.5) is 21.7 Å². The molecule has 150 valence electrons. The molecule has 0 bridgehead atoms. The van der Waals surface area contributed by atoms with E-state index in [9.17, 15) is 12.8 Å². The summed E-state index contributed by atoms with van der Waals surface area (Å²) in [5.74, 6) is -0.419. The first-order valence-corrected chi connectivity index (χ1v) is 10.4. The van der Waals surface area contributed by atoms with E-state index in [1.54, 1.807) is 50.2 Å². The van der Waals surface area contributed by atoms with E-state index in [2.05, 4.69) is 25.3 Å². The van der Waals surface area contributed by atoms with Crippen molar-refractivity contribution in [1.29, 1.82) is 0 Å². The van der Waals surface area contributed by atoms with Gasteiger partial charge in [-0.25, -0.2) is 27.5 Å². The van der Waals surface area contributed by atoms with E-state index in [0.29, 0.717) is 17.1 Å². The Hall–Kier alpha value is -3.11. The number of hydrogen-bond acceptors (Lipinski definition) is 5. The molecule has 0 unspecified atom stereocenters. The summed E-state index contributed by atoms with van der Waals surface area (Å²) in [5.41, 5.74) is 2.10. The van der Waals surface area contributed by atoms with Crippen LogP contribution in [0, 0.1) is 19.7 Å². The second-order valence-corrected chi connectivity index (χ2v) is 8.25. The number of sulfonamides is 1. The highest BCUT2D eigenvalue weighted by Crippen LogP contribution is 2.18. The zero-order chi connectivity index (χ0) is 21.0. The summed E-state index contributed by atoms with van der Waals surface area (Å²) < 4.78 is 41.1. The molecule has 0 fully saturated rings. The lowest BCUT2D eigenvalue weighted by atomic mass is 10.3. The Kier molecular flexibility index (Phi) is 6.04. The number of anilines is 3. The van der Waals surface area contributed by atoms with E-state index in [4.69, 9.17) is 12.2 Å². The maximum absolute atomic E-state index is 13.7. The number of rotatable bonds is 5. The third-order valence-corrected chi connectivity index (χ3v) is 5.30. The molecule has 3 N–H and O–H groups in total. The molecule has 0 saturated carbocycles. The van der Waals surface area contributed by atoms with Gasteiger partial charge in [0, 0.05) is 17.1 Å². The first-order chi connectivity index (χ1) is 13.7. The van der Waals surface area contributed by atoms with Crippen LogP contribution < -0.4 is 15.4 Å². The van der Waals surface area contributed by atoms with Gasteiger partial charge in [-0.05, 0) is 68.5 Å². The van der Waals surface area contributed by atoms with E-state index >= 15 is 0 Å². The summed E-state index contributed by atoms with van der Waals surface area (Å²) in [5, 5.41) is 5.79. The van der Waals surface area contributed by atoms with Crippen molar-refractivity contribution in [1.82, 2.24) is 9.97 Å². The first-order valence-electron chi connectivity index (χ1n) is 8.51. The summed E-state index contributed by atoms with van der Waals surface area (Å²) in [7, 11) is -3.85. The molecule has 0 spiro atoms. The number of hydrogen-bond donors (Lipinski definition) is 3. The third kappa shape index (κ3) is 5.46. The summed E-state index contributed by atoms with van der Waals surface area (Å²) in [6.45, 7) is 3.51. The zero-order valence-electron chi connectivity index (χ0n) is 15.6. The normalized spacial score (nSPS) is 11.0. The van der Waals surface area contributed by atoms with Gasteiger partial charge >= 0.3 is 0 Å². The molecule has 3 rings (SSSR count). The number of para-hydroxylation sites is 1. The van der Waals surface area contributed by atoms with Crippen LogP contribution in [0.2, 0.25) is 0 Å². The molecule has 0 atom stereocenters. The minimum absolute atomic E-state index is 0.0139. The van der Waals surface area contributed by atoms with Crippen LogP contribution in [0.15, 0.2) is 59.5 Å². The average molecular weight is 432 g/mol. The van der Waals surface area contributed by atoms with Crippen LogP contribution in [0.3, 0.4) is 0 Å². The van der Waals surface area contributed by atoms with Gasteiger partial charge in [-0.2, -0.15) is 0 Å². The SMILES string of the molecule is Cc1cc(C)nc(NS(=O)(=O)c2ccc(NC(=S)Nc3ccccc3F)cc2)n1. The lowest BCUT2D eigenvalue weighted by molar-refractivity contribution is 0.601. The topological polar surface area (TPSA) is 96.0 Å². The Morgan fingerprint density at radius 1 is 0.966 bits per heavy atom. The van der Waals surface area contributed by atoms with Crippen molar-refractivity contribution in [2.24, 2.45) is 0 Å². The second kappa shape index (κ2) is 8.50. The van der Waals surface area contributed by atoms with Gasteiger partial charge in [0.25, 0.3) is 10.0 Å². The fourth-order valence-electron chi connectivity index (χ4n) is 2.52. The van der Waals surface area contributed by atoms with Crippen molar-refractivity contribution in [3.63, 3.8) is 0 Å². The van der Waals surface area contributed by atoms with Gasteiger partial charge in [0.1, 0.15) is 5.82 Å².